The lowest BCUT2D eigenvalue weighted by Crippen LogP contribution is -2.30. The predicted molar refractivity (Wildman–Crippen MR) is 372 cm³/mol. The maximum Gasteiger partial charge on any atom is 0.472 e. The fourth-order valence-corrected chi connectivity index (χ4v) is 12.8. The van der Waals surface area contributed by atoms with E-state index in [0.717, 1.165) is 102 Å². The summed E-state index contributed by atoms with van der Waals surface area (Å²) in [6, 6.07) is 0. The molecule has 0 heterocycles. The molecule has 0 radical (unpaired) electrons. The van der Waals surface area contributed by atoms with E-state index in [4.69, 9.17) is 37.0 Å². The lowest BCUT2D eigenvalue weighted by molar-refractivity contribution is -0.161. The summed E-state index contributed by atoms with van der Waals surface area (Å²) in [7, 11) is -9.90. The van der Waals surface area contributed by atoms with Gasteiger partial charge in [0.25, 0.3) is 0 Å². The van der Waals surface area contributed by atoms with Crippen LogP contribution in [0.1, 0.15) is 381 Å². The third kappa shape index (κ3) is 66.7. The highest BCUT2D eigenvalue weighted by atomic mass is 31.2. The second kappa shape index (κ2) is 66.3. The number of hydrogen-bond acceptors (Lipinski definition) is 15. The molecular weight excluding hydrogens is 1210 g/mol. The van der Waals surface area contributed by atoms with E-state index in [9.17, 15) is 43.2 Å². The van der Waals surface area contributed by atoms with Crippen molar-refractivity contribution in [1.82, 2.24) is 0 Å². The quantitative estimate of drug-likeness (QED) is 0.0222. The maximum absolute atomic E-state index is 13.1. The molecule has 0 fully saturated rings. The molecule has 92 heavy (non-hydrogen) atoms. The molecule has 0 rings (SSSR count). The van der Waals surface area contributed by atoms with Crippen LogP contribution in [0.2, 0.25) is 0 Å². The summed E-state index contributed by atoms with van der Waals surface area (Å²) in [6.45, 7) is 7.25. The van der Waals surface area contributed by atoms with Gasteiger partial charge in [-0.2, -0.15) is 0 Å². The van der Waals surface area contributed by atoms with Gasteiger partial charge in [-0.15, -0.1) is 0 Å². The zero-order valence-corrected chi connectivity index (χ0v) is 61.5. The third-order valence-corrected chi connectivity index (χ3v) is 18.9. The van der Waals surface area contributed by atoms with Gasteiger partial charge in [-0.05, 0) is 31.6 Å². The van der Waals surface area contributed by atoms with E-state index < -0.39 is 97.5 Å². The number of rotatable bonds is 73. The van der Waals surface area contributed by atoms with E-state index >= 15 is 0 Å². The van der Waals surface area contributed by atoms with Gasteiger partial charge in [0, 0.05) is 25.7 Å². The zero-order valence-electron chi connectivity index (χ0n) is 59.7. The average molecular weight is 1350 g/mol. The number of carbonyl (C=O) groups excluding carboxylic acids is 4. The van der Waals surface area contributed by atoms with Crippen molar-refractivity contribution in [2.75, 3.05) is 39.6 Å². The number of aliphatic hydroxyl groups excluding tert-OH is 1. The van der Waals surface area contributed by atoms with Crippen LogP contribution in [0.4, 0.5) is 0 Å². The van der Waals surface area contributed by atoms with Gasteiger partial charge in [0.15, 0.2) is 12.2 Å². The number of unbranched alkanes of at least 4 members (excludes halogenated alkanes) is 45. The van der Waals surface area contributed by atoms with Gasteiger partial charge >= 0.3 is 39.5 Å². The highest BCUT2D eigenvalue weighted by molar-refractivity contribution is 7.47. The summed E-state index contributed by atoms with van der Waals surface area (Å²) in [4.78, 5) is 72.5. The van der Waals surface area contributed by atoms with Crippen molar-refractivity contribution in [2.24, 2.45) is 5.92 Å². The van der Waals surface area contributed by atoms with Crippen molar-refractivity contribution in [3.63, 3.8) is 0 Å². The molecule has 2 unspecified atom stereocenters. The van der Waals surface area contributed by atoms with Crippen molar-refractivity contribution < 1.29 is 80.2 Å². The molecule has 3 N–H and O–H groups in total. The summed E-state index contributed by atoms with van der Waals surface area (Å²) in [6.07, 6.45) is 54.2. The standard InChI is InChI=1S/C73H142O17P2/c1-6-9-12-15-18-21-23-24-25-26-27-28-29-30-35-39-44-49-54-59-73(78)90-69(63-84-71(76)57-52-47-42-38-34-32-31-33-36-40-45-50-55-66(4)5)65-88-92(81,82)86-61-67(74)60-85-91(79,80)87-64-68(62-83-70(75)56-51-46-41-20-17-14-11-8-3)89-72(77)58-53-48-43-37-22-19-16-13-10-7-2/h66-69,74H,6-65H2,1-5H3,(H,79,80)(H,81,82)/t67-,68+,69+/m0/s1. The van der Waals surface area contributed by atoms with E-state index in [1.54, 1.807) is 0 Å². The van der Waals surface area contributed by atoms with E-state index in [0.29, 0.717) is 25.7 Å². The molecule has 0 aromatic rings. The molecule has 5 atom stereocenters. The average Bonchev–Trinajstić information content (AvgIpc) is 3.35. The molecule has 546 valence electrons. The maximum atomic E-state index is 13.1. The second-order valence-corrected chi connectivity index (χ2v) is 29.7. The molecule has 0 saturated heterocycles. The van der Waals surface area contributed by atoms with Gasteiger partial charge in [0.1, 0.15) is 19.3 Å². The van der Waals surface area contributed by atoms with Crippen LogP contribution in [0.15, 0.2) is 0 Å². The lowest BCUT2D eigenvalue weighted by Gasteiger charge is -2.21. The van der Waals surface area contributed by atoms with Gasteiger partial charge in [0.05, 0.1) is 26.4 Å². The van der Waals surface area contributed by atoms with Crippen LogP contribution in [0, 0.1) is 5.92 Å². The van der Waals surface area contributed by atoms with Gasteiger partial charge in [0.2, 0.25) is 0 Å². The Bertz CT molecular complexity index is 1770. The van der Waals surface area contributed by atoms with Gasteiger partial charge in [-0.25, -0.2) is 9.13 Å². The van der Waals surface area contributed by atoms with Crippen LogP contribution in [0.25, 0.3) is 0 Å². The van der Waals surface area contributed by atoms with Gasteiger partial charge in [-0.1, -0.05) is 330 Å². The summed E-state index contributed by atoms with van der Waals surface area (Å²) >= 11 is 0. The molecular formula is C73H142O17P2. The molecule has 0 aliphatic carbocycles. The van der Waals surface area contributed by atoms with Crippen molar-refractivity contribution >= 4 is 39.5 Å². The molecule has 17 nitrogen and oxygen atoms in total. The SMILES string of the molecule is CCCCCCCCCCCCCCCCCCCCCC(=O)O[C@H](COC(=O)CCCCCCCCCCCCCCC(C)C)COP(=O)(O)OC[C@@H](O)COP(=O)(O)OC[C@@H](COC(=O)CCCCCCCCCC)OC(=O)CCCCCCCCCCCC. The Kier molecular flexibility index (Phi) is 64.9. The largest absolute Gasteiger partial charge is 0.472 e. The van der Waals surface area contributed by atoms with Crippen LogP contribution < -0.4 is 0 Å². The molecule has 0 aliphatic heterocycles. The molecule has 0 aliphatic rings. The lowest BCUT2D eigenvalue weighted by atomic mass is 10.0. The van der Waals surface area contributed by atoms with Crippen LogP contribution in [-0.4, -0.2) is 96.7 Å². The first kappa shape index (κ1) is 90.1. The van der Waals surface area contributed by atoms with Crippen molar-refractivity contribution in [2.45, 2.75) is 400 Å². The van der Waals surface area contributed by atoms with E-state index in [1.165, 1.54) is 199 Å². The van der Waals surface area contributed by atoms with Gasteiger partial charge < -0.3 is 33.8 Å². The fraction of sp³-hybridized carbons (Fsp3) is 0.945. The summed E-state index contributed by atoms with van der Waals surface area (Å²) in [5, 5.41) is 10.6. The van der Waals surface area contributed by atoms with Crippen LogP contribution in [0.5, 0.6) is 0 Å². The summed E-state index contributed by atoms with van der Waals surface area (Å²) in [5.74, 6) is -1.34. The highest BCUT2D eigenvalue weighted by Gasteiger charge is 2.30. The Labute approximate surface area is 562 Å². The second-order valence-electron chi connectivity index (χ2n) is 26.8. The number of phosphoric acid groups is 2. The highest BCUT2D eigenvalue weighted by Crippen LogP contribution is 2.45. The fourth-order valence-electron chi connectivity index (χ4n) is 11.2. The Morgan fingerprint density at radius 3 is 0.739 bits per heavy atom. The Balaban J connectivity index is 5.19. The Morgan fingerprint density at radius 2 is 0.500 bits per heavy atom. The van der Waals surface area contributed by atoms with Crippen molar-refractivity contribution in [3.8, 4) is 0 Å². The zero-order chi connectivity index (χ0) is 67.7. The smallest absolute Gasteiger partial charge is 0.462 e. The Hall–Kier alpha value is -1.94. The normalized spacial score (nSPS) is 14.0. The minimum atomic E-state index is -4.95. The first-order valence-corrected chi connectivity index (χ1v) is 41.1. The minimum Gasteiger partial charge on any atom is -0.462 e. The number of ether oxygens (including phenoxy) is 4. The number of carbonyl (C=O) groups is 4. The predicted octanol–water partition coefficient (Wildman–Crippen LogP) is 21.3. The number of phosphoric ester groups is 2. The van der Waals surface area contributed by atoms with Crippen LogP contribution in [-0.2, 0) is 65.4 Å². The van der Waals surface area contributed by atoms with Gasteiger partial charge in [-0.3, -0.25) is 37.3 Å². The number of hydrogen-bond donors (Lipinski definition) is 3. The molecule has 0 spiro atoms. The summed E-state index contributed by atoms with van der Waals surface area (Å²) in [5.41, 5.74) is 0. The first-order chi connectivity index (χ1) is 44.5. The molecule has 0 amide bonds. The van der Waals surface area contributed by atoms with Crippen molar-refractivity contribution in [3.05, 3.63) is 0 Å². The summed E-state index contributed by atoms with van der Waals surface area (Å²) < 4.78 is 68.3. The molecule has 0 bridgehead atoms. The molecule has 0 aromatic carbocycles. The molecule has 19 heteroatoms. The van der Waals surface area contributed by atoms with Crippen molar-refractivity contribution in [1.29, 1.82) is 0 Å². The van der Waals surface area contributed by atoms with Crippen LogP contribution in [0.3, 0.4) is 0 Å². The van der Waals surface area contributed by atoms with Crippen LogP contribution >= 0.6 is 15.6 Å². The Morgan fingerprint density at radius 1 is 0.293 bits per heavy atom. The third-order valence-electron chi connectivity index (χ3n) is 17.0. The number of esters is 4. The molecule has 0 saturated carbocycles. The minimum absolute atomic E-state index is 0.107. The first-order valence-electron chi connectivity index (χ1n) is 38.1. The van der Waals surface area contributed by atoms with E-state index in [2.05, 4.69) is 34.6 Å². The van der Waals surface area contributed by atoms with E-state index in [-0.39, 0.29) is 25.7 Å². The van der Waals surface area contributed by atoms with E-state index in [1.807, 2.05) is 0 Å². The number of aliphatic hydroxyl groups is 1. The monoisotopic (exact) mass is 1350 g/mol. The molecule has 0 aromatic heterocycles. The topological polar surface area (TPSA) is 237 Å².